The van der Waals surface area contributed by atoms with Gasteiger partial charge in [0.1, 0.15) is 17.2 Å². The van der Waals surface area contributed by atoms with Gasteiger partial charge in [-0.15, -0.1) is 0 Å². The molecule has 1 aromatic carbocycles. The minimum atomic E-state index is -0.296. The molecule has 0 unspecified atom stereocenters. The van der Waals surface area contributed by atoms with Crippen LogP contribution in [0, 0.1) is 17.7 Å². The molecule has 2 fully saturated rings. The topological polar surface area (TPSA) is 70.2 Å². The van der Waals surface area contributed by atoms with Gasteiger partial charge in [0.05, 0.1) is 7.11 Å². The van der Waals surface area contributed by atoms with E-state index < -0.39 is 0 Å². The van der Waals surface area contributed by atoms with Gasteiger partial charge in [0, 0.05) is 43.0 Å². The second-order valence-corrected chi connectivity index (χ2v) is 8.34. The maximum Gasteiger partial charge on any atom is 0.317 e. The molecule has 3 atom stereocenters. The van der Waals surface area contributed by atoms with Crippen molar-refractivity contribution in [3.63, 3.8) is 0 Å². The van der Waals surface area contributed by atoms with Crippen LogP contribution in [0.5, 0.6) is 5.75 Å². The highest BCUT2D eigenvalue weighted by atomic mass is 19.1. The molecule has 1 aliphatic carbocycles. The minimum absolute atomic E-state index is 0.0180. The molecule has 7 heteroatoms. The number of hydrogen-bond acceptors (Lipinski definition) is 3. The molecule has 2 aliphatic rings. The Labute approximate surface area is 174 Å². The van der Waals surface area contributed by atoms with Gasteiger partial charge in [-0.3, -0.25) is 0 Å². The maximum absolute atomic E-state index is 14.0. The Balaban J connectivity index is 1.45. The van der Waals surface area contributed by atoms with E-state index in [-0.39, 0.29) is 11.8 Å². The Hall–Kier alpha value is -3.09. The monoisotopic (exact) mass is 408 g/mol. The Bertz CT molecular complexity index is 1100. The summed E-state index contributed by atoms with van der Waals surface area (Å²) in [6.07, 6.45) is 3.86. The zero-order valence-electron chi connectivity index (χ0n) is 17.1. The number of rotatable bonds is 3. The van der Waals surface area contributed by atoms with Crippen molar-refractivity contribution in [1.82, 2.24) is 20.2 Å². The molecule has 1 aliphatic heterocycles. The molecule has 0 spiro atoms. The van der Waals surface area contributed by atoms with Gasteiger partial charge in [-0.2, -0.15) is 0 Å². The van der Waals surface area contributed by atoms with Crippen molar-refractivity contribution in [2.45, 2.75) is 18.8 Å². The van der Waals surface area contributed by atoms with Gasteiger partial charge in [0.2, 0.25) is 0 Å². The van der Waals surface area contributed by atoms with E-state index in [4.69, 9.17) is 4.74 Å². The number of urea groups is 1. The predicted molar refractivity (Wildman–Crippen MR) is 113 cm³/mol. The molecule has 156 valence electrons. The van der Waals surface area contributed by atoms with Crippen molar-refractivity contribution < 1.29 is 13.9 Å². The number of benzene rings is 1. The number of H-pyrrole nitrogens is 1. The van der Waals surface area contributed by atoms with Crippen molar-refractivity contribution in [3.05, 3.63) is 48.0 Å². The summed E-state index contributed by atoms with van der Waals surface area (Å²) < 4.78 is 19.4. The third-order valence-electron chi connectivity index (χ3n) is 6.70. The van der Waals surface area contributed by atoms with Crippen molar-refractivity contribution in [2.24, 2.45) is 11.8 Å². The zero-order valence-corrected chi connectivity index (χ0v) is 17.1. The number of ether oxygens (including phenoxy) is 1. The number of likely N-dealkylation sites (tertiary alicyclic amines) is 1. The molecular weight excluding hydrogens is 383 g/mol. The van der Waals surface area contributed by atoms with E-state index >= 15 is 0 Å². The first-order valence-electron chi connectivity index (χ1n) is 10.4. The van der Waals surface area contributed by atoms with E-state index in [0.29, 0.717) is 23.5 Å². The van der Waals surface area contributed by atoms with Gasteiger partial charge < -0.3 is 19.9 Å². The summed E-state index contributed by atoms with van der Waals surface area (Å²) in [4.78, 5) is 21.8. The van der Waals surface area contributed by atoms with E-state index in [1.54, 1.807) is 26.4 Å². The molecule has 0 radical (unpaired) electrons. The van der Waals surface area contributed by atoms with Gasteiger partial charge in [-0.25, -0.2) is 14.2 Å². The third-order valence-corrected chi connectivity index (χ3v) is 6.70. The van der Waals surface area contributed by atoms with Crippen LogP contribution >= 0.6 is 0 Å². The molecule has 3 heterocycles. The highest BCUT2D eigenvalue weighted by Crippen LogP contribution is 2.47. The van der Waals surface area contributed by atoms with Crippen LogP contribution in [-0.2, 0) is 0 Å². The lowest BCUT2D eigenvalue weighted by Gasteiger charge is -2.18. The van der Waals surface area contributed by atoms with Crippen LogP contribution in [0.3, 0.4) is 0 Å². The minimum Gasteiger partial charge on any atom is -0.496 e. The fourth-order valence-electron chi connectivity index (χ4n) is 5.27. The summed E-state index contributed by atoms with van der Waals surface area (Å²) in [7, 11) is 3.28. The summed E-state index contributed by atoms with van der Waals surface area (Å²) in [5.74, 6) is 1.83. The molecule has 5 rings (SSSR count). The number of aromatic nitrogens is 2. The summed E-state index contributed by atoms with van der Waals surface area (Å²) in [6.45, 7) is 1.65. The number of fused-ring (bicyclic) bond motifs is 2. The molecule has 2 amide bonds. The number of halogens is 1. The quantitative estimate of drug-likeness (QED) is 0.684. The molecule has 1 saturated heterocycles. The number of hydrogen-bond donors (Lipinski definition) is 2. The number of nitrogens with zero attached hydrogens (tertiary/aromatic N) is 2. The SMILES string of the molecule is CNC(=O)N1C[C@H]2C[C@H](c3cc4c(-c5cc(F)ccc5OC)ccnc4[nH]3)C[C@H]2C1. The lowest BCUT2D eigenvalue weighted by Crippen LogP contribution is -2.36. The average molecular weight is 408 g/mol. The molecule has 6 nitrogen and oxygen atoms in total. The van der Waals surface area contributed by atoms with E-state index in [1.807, 2.05) is 11.0 Å². The first-order chi connectivity index (χ1) is 14.6. The van der Waals surface area contributed by atoms with Gasteiger partial charge in [-0.05, 0) is 66.5 Å². The molecule has 2 N–H and O–H groups in total. The molecule has 2 aromatic heterocycles. The average Bonchev–Trinajstić information content (AvgIpc) is 3.45. The maximum atomic E-state index is 14.0. The van der Waals surface area contributed by atoms with Gasteiger partial charge in [0.15, 0.2) is 0 Å². The van der Waals surface area contributed by atoms with Crippen molar-refractivity contribution in [3.8, 4) is 16.9 Å². The Morgan fingerprint density at radius 3 is 2.67 bits per heavy atom. The number of nitrogens with one attached hydrogen (secondary N) is 2. The fraction of sp³-hybridized carbons (Fsp3) is 0.391. The summed E-state index contributed by atoms with van der Waals surface area (Å²) >= 11 is 0. The second kappa shape index (κ2) is 7.31. The van der Waals surface area contributed by atoms with Crippen LogP contribution in [0.4, 0.5) is 9.18 Å². The number of aromatic amines is 1. The molecular formula is C23H25FN4O2. The van der Waals surface area contributed by atoms with Crippen molar-refractivity contribution in [1.29, 1.82) is 0 Å². The van der Waals surface area contributed by atoms with Crippen molar-refractivity contribution >= 4 is 17.1 Å². The van der Waals surface area contributed by atoms with Crippen LogP contribution in [0.25, 0.3) is 22.2 Å². The lowest BCUT2D eigenvalue weighted by atomic mass is 9.99. The van der Waals surface area contributed by atoms with Crippen LogP contribution in [0.1, 0.15) is 24.5 Å². The van der Waals surface area contributed by atoms with Crippen LogP contribution in [-0.4, -0.2) is 48.1 Å². The first kappa shape index (κ1) is 18.9. The van der Waals surface area contributed by atoms with E-state index in [9.17, 15) is 9.18 Å². The Kier molecular flexibility index (Phi) is 4.60. The largest absolute Gasteiger partial charge is 0.496 e. The highest BCUT2D eigenvalue weighted by molar-refractivity contribution is 5.95. The summed E-state index contributed by atoms with van der Waals surface area (Å²) in [5.41, 5.74) is 3.60. The standard InChI is InChI=1S/C23H25FN4O2/c1-25-23(29)28-11-14-7-13(8-15(14)12-28)20-10-19-17(5-6-26-22(19)27-20)18-9-16(24)3-4-21(18)30-2/h3-6,9-10,13-15H,7-8,11-12H2,1-2H3,(H,25,29)(H,26,27)/t13-,14+,15-. The predicted octanol–water partition coefficient (Wildman–Crippen LogP) is 4.14. The lowest BCUT2D eigenvalue weighted by molar-refractivity contribution is 0.207. The third kappa shape index (κ3) is 3.09. The molecule has 30 heavy (non-hydrogen) atoms. The Morgan fingerprint density at radius 1 is 1.20 bits per heavy atom. The zero-order chi connectivity index (χ0) is 20.8. The second-order valence-electron chi connectivity index (χ2n) is 8.34. The summed E-state index contributed by atoms with van der Waals surface area (Å²) in [6, 6.07) is 8.65. The van der Waals surface area contributed by atoms with E-state index in [2.05, 4.69) is 21.4 Å². The van der Waals surface area contributed by atoms with E-state index in [1.165, 1.54) is 17.8 Å². The first-order valence-corrected chi connectivity index (χ1v) is 10.4. The Morgan fingerprint density at radius 2 is 1.97 bits per heavy atom. The van der Waals surface area contributed by atoms with Crippen LogP contribution in [0.2, 0.25) is 0 Å². The van der Waals surface area contributed by atoms with Gasteiger partial charge in [0.25, 0.3) is 0 Å². The molecule has 0 bridgehead atoms. The smallest absolute Gasteiger partial charge is 0.317 e. The molecule has 1 saturated carbocycles. The number of amides is 2. The van der Waals surface area contributed by atoms with E-state index in [0.717, 1.165) is 48.1 Å². The summed E-state index contributed by atoms with van der Waals surface area (Å²) in [5, 5.41) is 3.70. The van der Waals surface area contributed by atoms with Gasteiger partial charge in [-0.1, -0.05) is 0 Å². The van der Waals surface area contributed by atoms with Crippen molar-refractivity contribution in [2.75, 3.05) is 27.2 Å². The highest BCUT2D eigenvalue weighted by Gasteiger charge is 2.43. The van der Waals surface area contributed by atoms with Crippen LogP contribution < -0.4 is 10.1 Å². The normalized spacial score (nSPS) is 23.0. The van der Waals surface area contributed by atoms with Gasteiger partial charge >= 0.3 is 6.03 Å². The fourth-order valence-corrected chi connectivity index (χ4v) is 5.27. The van der Waals surface area contributed by atoms with Crippen LogP contribution in [0.15, 0.2) is 36.5 Å². The number of carbonyl (C=O) groups excluding carboxylic acids is 1. The molecule has 3 aromatic rings. The number of methoxy groups -OCH3 is 1. The number of pyridine rings is 1. The number of carbonyl (C=O) groups is 1.